The van der Waals surface area contributed by atoms with Crippen LogP contribution >= 0.6 is 0 Å². The van der Waals surface area contributed by atoms with Crippen molar-refractivity contribution in [2.45, 2.75) is 25.8 Å². The fourth-order valence-electron chi connectivity index (χ4n) is 1.72. The van der Waals surface area contributed by atoms with Crippen LogP contribution in [0.25, 0.3) is 0 Å². The van der Waals surface area contributed by atoms with Gasteiger partial charge in [-0.15, -0.1) is 0 Å². The summed E-state index contributed by atoms with van der Waals surface area (Å²) in [6.45, 7) is 9.89. The van der Waals surface area contributed by atoms with Crippen LogP contribution in [0.5, 0.6) is 0 Å². The maximum absolute atomic E-state index is 3.53. The molecule has 0 aromatic carbocycles. The van der Waals surface area contributed by atoms with Crippen LogP contribution in [0.3, 0.4) is 0 Å². The standard InChI is InChI=1S/C11H26N4/c1-11-10-14-9-8-13-7-6-12-4-2-3-5-15-11/h11-15H,2-10H2,1H3. The van der Waals surface area contributed by atoms with Gasteiger partial charge in [-0.3, -0.25) is 0 Å². The third kappa shape index (κ3) is 7.73. The second-order valence-corrected chi connectivity index (χ2v) is 4.27. The van der Waals surface area contributed by atoms with E-state index in [4.69, 9.17) is 0 Å². The lowest BCUT2D eigenvalue weighted by Crippen LogP contribution is -2.40. The fourth-order valence-corrected chi connectivity index (χ4v) is 1.72. The molecular weight excluding hydrogens is 188 g/mol. The molecule has 1 atom stereocenters. The van der Waals surface area contributed by atoms with Gasteiger partial charge in [0.2, 0.25) is 0 Å². The Bertz CT molecular complexity index is 127. The topological polar surface area (TPSA) is 48.1 Å². The summed E-state index contributed by atoms with van der Waals surface area (Å²) in [6.07, 6.45) is 2.54. The van der Waals surface area contributed by atoms with Crippen molar-refractivity contribution in [2.75, 3.05) is 45.8 Å². The second kappa shape index (κ2) is 9.09. The quantitative estimate of drug-likeness (QED) is 0.440. The predicted molar refractivity (Wildman–Crippen MR) is 65.3 cm³/mol. The minimum atomic E-state index is 0.584. The minimum Gasteiger partial charge on any atom is -0.315 e. The van der Waals surface area contributed by atoms with Gasteiger partial charge in [-0.25, -0.2) is 0 Å². The first-order chi connectivity index (χ1) is 7.39. The molecule has 4 nitrogen and oxygen atoms in total. The summed E-state index contributed by atoms with van der Waals surface area (Å²) in [6, 6.07) is 0.584. The van der Waals surface area contributed by atoms with Crippen LogP contribution in [-0.2, 0) is 0 Å². The molecule has 1 saturated heterocycles. The lowest BCUT2D eigenvalue weighted by molar-refractivity contribution is 0.473. The normalized spacial score (nSPS) is 28.2. The first-order valence-electron chi connectivity index (χ1n) is 6.25. The zero-order valence-corrected chi connectivity index (χ0v) is 9.94. The fraction of sp³-hybridized carbons (Fsp3) is 1.00. The van der Waals surface area contributed by atoms with Crippen molar-refractivity contribution in [3.63, 3.8) is 0 Å². The van der Waals surface area contributed by atoms with Gasteiger partial charge >= 0.3 is 0 Å². The third-order valence-corrected chi connectivity index (χ3v) is 2.68. The summed E-state index contributed by atoms with van der Waals surface area (Å²) < 4.78 is 0. The number of hydrogen-bond acceptors (Lipinski definition) is 4. The van der Waals surface area contributed by atoms with Crippen LogP contribution in [0, 0.1) is 0 Å². The zero-order valence-electron chi connectivity index (χ0n) is 9.94. The highest BCUT2D eigenvalue weighted by Crippen LogP contribution is 1.87. The van der Waals surface area contributed by atoms with Crippen LogP contribution in [-0.4, -0.2) is 51.9 Å². The molecule has 1 rings (SSSR count). The summed E-state index contributed by atoms with van der Waals surface area (Å²) in [5.74, 6) is 0. The Morgan fingerprint density at radius 2 is 1.33 bits per heavy atom. The second-order valence-electron chi connectivity index (χ2n) is 4.27. The number of hydrogen-bond donors (Lipinski definition) is 4. The molecule has 1 heterocycles. The predicted octanol–water partition coefficient (Wildman–Crippen LogP) is -0.473. The summed E-state index contributed by atoms with van der Waals surface area (Å²) in [7, 11) is 0. The molecule has 0 saturated carbocycles. The van der Waals surface area contributed by atoms with Crippen molar-refractivity contribution in [1.82, 2.24) is 21.3 Å². The molecule has 0 amide bonds. The van der Waals surface area contributed by atoms with Gasteiger partial charge < -0.3 is 21.3 Å². The van der Waals surface area contributed by atoms with Gasteiger partial charge in [0.15, 0.2) is 0 Å². The van der Waals surface area contributed by atoms with E-state index in [1.165, 1.54) is 12.8 Å². The Balaban J connectivity index is 2.10. The molecule has 0 aromatic heterocycles. The number of rotatable bonds is 0. The molecule has 1 aliphatic heterocycles. The van der Waals surface area contributed by atoms with Gasteiger partial charge in [0.1, 0.15) is 0 Å². The molecule has 4 N–H and O–H groups in total. The van der Waals surface area contributed by atoms with Crippen molar-refractivity contribution in [3.8, 4) is 0 Å². The third-order valence-electron chi connectivity index (χ3n) is 2.68. The summed E-state index contributed by atoms with van der Waals surface area (Å²) in [5, 5.41) is 13.8. The van der Waals surface area contributed by atoms with E-state index in [1.54, 1.807) is 0 Å². The largest absolute Gasteiger partial charge is 0.315 e. The van der Waals surface area contributed by atoms with Gasteiger partial charge in [-0.1, -0.05) is 0 Å². The van der Waals surface area contributed by atoms with Gasteiger partial charge in [0, 0.05) is 38.8 Å². The van der Waals surface area contributed by atoms with E-state index in [2.05, 4.69) is 28.2 Å². The molecule has 1 unspecified atom stereocenters. The smallest absolute Gasteiger partial charge is 0.0164 e. The lowest BCUT2D eigenvalue weighted by Gasteiger charge is -2.16. The van der Waals surface area contributed by atoms with Gasteiger partial charge in [0.05, 0.1) is 0 Å². The van der Waals surface area contributed by atoms with Crippen LogP contribution in [0.1, 0.15) is 19.8 Å². The maximum Gasteiger partial charge on any atom is 0.0164 e. The SMILES string of the molecule is CC1CNCCNCCNCCCCN1. The van der Waals surface area contributed by atoms with E-state index >= 15 is 0 Å². The molecule has 1 aliphatic rings. The van der Waals surface area contributed by atoms with Crippen LogP contribution in [0.4, 0.5) is 0 Å². The summed E-state index contributed by atoms with van der Waals surface area (Å²) in [5.41, 5.74) is 0. The first-order valence-corrected chi connectivity index (χ1v) is 6.25. The molecule has 15 heavy (non-hydrogen) atoms. The Kier molecular flexibility index (Phi) is 7.83. The van der Waals surface area contributed by atoms with Gasteiger partial charge in [-0.2, -0.15) is 0 Å². The monoisotopic (exact) mass is 214 g/mol. The average Bonchev–Trinajstić information content (AvgIpc) is 2.24. The molecule has 90 valence electrons. The molecule has 0 aliphatic carbocycles. The van der Waals surface area contributed by atoms with Crippen molar-refractivity contribution in [2.24, 2.45) is 0 Å². The van der Waals surface area contributed by atoms with Crippen LogP contribution in [0.15, 0.2) is 0 Å². The van der Waals surface area contributed by atoms with Crippen LogP contribution in [0.2, 0.25) is 0 Å². The van der Waals surface area contributed by atoms with Gasteiger partial charge in [-0.05, 0) is 32.9 Å². The van der Waals surface area contributed by atoms with E-state index in [0.717, 1.165) is 45.8 Å². The molecule has 1 fully saturated rings. The Hall–Kier alpha value is -0.160. The minimum absolute atomic E-state index is 0.584. The Morgan fingerprint density at radius 1 is 0.733 bits per heavy atom. The summed E-state index contributed by atoms with van der Waals surface area (Å²) >= 11 is 0. The highest BCUT2D eigenvalue weighted by Gasteiger charge is 2.00. The molecule has 4 heteroatoms. The van der Waals surface area contributed by atoms with E-state index in [1.807, 2.05) is 0 Å². The Morgan fingerprint density at radius 3 is 2.13 bits per heavy atom. The first kappa shape index (κ1) is 12.9. The van der Waals surface area contributed by atoms with E-state index in [0.29, 0.717) is 6.04 Å². The Labute approximate surface area is 93.6 Å². The van der Waals surface area contributed by atoms with Crippen molar-refractivity contribution in [3.05, 3.63) is 0 Å². The van der Waals surface area contributed by atoms with Crippen molar-refractivity contribution in [1.29, 1.82) is 0 Å². The van der Waals surface area contributed by atoms with E-state index in [9.17, 15) is 0 Å². The maximum atomic E-state index is 3.53. The molecular formula is C11H26N4. The van der Waals surface area contributed by atoms with Crippen molar-refractivity contribution < 1.29 is 0 Å². The number of nitrogens with one attached hydrogen (secondary N) is 4. The van der Waals surface area contributed by atoms with Crippen LogP contribution < -0.4 is 21.3 Å². The average molecular weight is 214 g/mol. The van der Waals surface area contributed by atoms with Gasteiger partial charge in [0.25, 0.3) is 0 Å². The highest BCUT2D eigenvalue weighted by atomic mass is 15.0. The molecule has 0 radical (unpaired) electrons. The van der Waals surface area contributed by atoms with E-state index < -0.39 is 0 Å². The van der Waals surface area contributed by atoms with Crippen molar-refractivity contribution >= 4 is 0 Å². The lowest BCUT2D eigenvalue weighted by atomic mass is 10.2. The molecule has 0 aromatic rings. The molecule has 0 spiro atoms. The summed E-state index contributed by atoms with van der Waals surface area (Å²) in [4.78, 5) is 0. The zero-order chi connectivity index (χ0) is 10.8. The van der Waals surface area contributed by atoms with E-state index in [-0.39, 0.29) is 0 Å². The molecule has 0 bridgehead atoms. The highest BCUT2D eigenvalue weighted by molar-refractivity contribution is 4.65.